The quantitative estimate of drug-likeness (QED) is 0.847. The number of piperazine rings is 1. The molecule has 1 saturated heterocycles. The second-order valence-corrected chi connectivity index (χ2v) is 4.31. The first kappa shape index (κ1) is 12.4. The molecule has 2 amide bonds. The lowest BCUT2D eigenvalue weighted by atomic mass is 10.1. The van der Waals surface area contributed by atoms with Gasteiger partial charge in [0.2, 0.25) is 11.8 Å². The van der Waals surface area contributed by atoms with Crippen LogP contribution in [0, 0.1) is 0 Å². The Morgan fingerprint density at radius 3 is 2.33 bits per heavy atom. The Kier molecular flexibility index (Phi) is 3.23. The van der Waals surface area contributed by atoms with Gasteiger partial charge >= 0.3 is 0 Å². The molecule has 1 heterocycles. The summed E-state index contributed by atoms with van der Waals surface area (Å²) in [5.41, 5.74) is 0.704. The lowest BCUT2D eigenvalue weighted by Gasteiger charge is -2.36. The lowest BCUT2D eigenvalue weighted by Crippen LogP contribution is -2.61. The van der Waals surface area contributed by atoms with Crippen molar-refractivity contribution in [2.24, 2.45) is 0 Å². The molecule has 18 heavy (non-hydrogen) atoms. The van der Waals surface area contributed by atoms with Crippen LogP contribution in [0.3, 0.4) is 0 Å². The van der Waals surface area contributed by atoms with Crippen molar-refractivity contribution in [3.63, 3.8) is 0 Å². The van der Waals surface area contributed by atoms with Crippen LogP contribution >= 0.6 is 0 Å². The summed E-state index contributed by atoms with van der Waals surface area (Å²) in [6, 6.07) is 6.11. The van der Waals surface area contributed by atoms with Crippen molar-refractivity contribution in [3.05, 3.63) is 24.3 Å². The van der Waals surface area contributed by atoms with Gasteiger partial charge in [-0.2, -0.15) is 0 Å². The number of carbonyl (C=O) groups is 2. The maximum atomic E-state index is 12.1. The number of hydrogen-bond acceptors (Lipinski definition) is 3. The third kappa shape index (κ3) is 2.03. The minimum Gasteiger partial charge on any atom is -0.497 e. The first-order valence-electron chi connectivity index (χ1n) is 5.82. The van der Waals surface area contributed by atoms with E-state index in [1.165, 1.54) is 4.90 Å². The fraction of sp³-hybridized carbons (Fsp3) is 0.385. The molecule has 2 atom stereocenters. The van der Waals surface area contributed by atoms with Gasteiger partial charge in [0.1, 0.15) is 17.8 Å². The molecule has 1 aromatic rings. The van der Waals surface area contributed by atoms with E-state index in [1.807, 2.05) is 0 Å². The molecule has 0 radical (unpaired) electrons. The second-order valence-electron chi connectivity index (χ2n) is 4.31. The zero-order chi connectivity index (χ0) is 13.3. The summed E-state index contributed by atoms with van der Waals surface area (Å²) in [5, 5.41) is 2.65. The maximum absolute atomic E-state index is 12.1. The van der Waals surface area contributed by atoms with Crippen molar-refractivity contribution < 1.29 is 14.3 Å². The van der Waals surface area contributed by atoms with Crippen molar-refractivity contribution in [2.75, 3.05) is 12.0 Å². The Bertz CT molecular complexity index is 470. The van der Waals surface area contributed by atoms with Crippen LogP contribution in [0.5, 0.6) is 5.75 Å². The first-order valence-corrected chi connectivity index (χ1v) is 5.82. The Morgan fingerprint density at radius 1 is 1.17 bits per heavy atom. The first-order chi connectivity index (χ1) is 8.54. The number of amides is 2. The fourth-order valence-electron chi connectivity index (χ4n) is 2.01. The molecule has 0 aliphatic carbocycles. The molecule has 0 bridgehead atoms. The smallest absolute Gasteiger partial charge is 0.250 e. The lowest BCUT2D eigenvalue weighted by molar-refractivity contribution is -0.133. The molecule has 2 unspecified atom stereocenters. The molecule has 1 aliphatic rings. The van der Waals surface area contributed by atoms with Gasteiger partial charge in [-0.1, -0.05) is 0 Å². The molecule has 5 heteroatoms. The zero-order valence-electron chi connectivity index (χ0n) is 10.6. The molecule has 2 rings (SSSR count). The number of methoxy groups -OCH3 is 1. The number of anilines is 1. The normalized spacial score (nSPS) is 23.8. The van der Waals surface area contributed by atoms with E-state index in [9.17, 15) is 9.59 Å². The van der Waals surface area contributed by atoms with Crippen LogP contribution in [0.15, 0.2) is 24.3 Å². The van der Waals surface area contributed by atoms with Crippen LogP contribution < -0.4 is 15.0 Å². The topological polar surface area (TPSA) is 58.6 Å². The van der Waals surface area contributed by atoms with E-state index < -0.39 is 12.1 Å². The number of rotatable bonds is 2. The van der Waals surface area contributed by atoms with E-state index in [2.05, 4.69) is 5.32 Å². The summed E-state index contributed by atoms with van der Waals surface area (Å²) in [4.78, 5) is 25.4. The SMILES string of the molecule is COc1ccc(N2C(=O)C(C)NC(=O)C2C)cc1. The van der Waals surface area contributed by atoms with Crippen LogP contribution in [0.2, 0.25) is 0 Å². The predicted molar refractivity (Wildman–Crippen MR) is 67.5 cm³/mol. The van der Waals surface area contributed by atoms with Crippen molar-refractivity contribution in [1.82, 2.24) is 5.32 Å². The van der Waals surface area contributed by atoms with Gasteiger partial charge in [-0.25, -0.2) is 0 Å². The monoisotopic (exact) mass is 248 g/mol. The molecule has 96 valence electrons. The fourth-order valence-corrected chi connectivity index (χ4v) is 2.01. The van der Waals surface area contributed by atoms with E-state index >= 15 is 0 Å². The highest BCUT2D eigenvalue weighted by atomic mass is 16.5. The van der Waals surface area contributed by atoms with Crippen molar-refractivity contribution >= 4 is 17.5 Å². The van der Waals surface area contributed by atoms with Gasteiger partial charge in [-0.15, -0.1) is 0 Å². The van der Waals surface area contributed by atoms with Crippen molar-refractivity contribution in [3.8, 4) is 5.75 Å². The van der Waals surface area contributed by atoms with Crippen LogP contribution in [0.25, 0.3) is 0 Å². The molecular weight excluding hydrogens is 232 g/mol. The highest BCUT2D eigenvalue weighted by molar-refractivity contribution is 6.07. The van der Waals surface area contributed by atoms with E-state index in [0.717, 1.165) is 0 Å². The third-order valence-electron chi connectivity index (χ3n) is 3.08. The number of nitrogens with one attached hydrogen (secondary N) is 1. The third-order valence-corrected chi connectivity index (χ3v) is 3.08. The molecule has 0 spiro atoms. The van der Waals surface area contributed by atoms with Gasteiger partial charge in [0.05, 0.1) is 7.11 Å². The average molecular weight is 248 g/mol. The molecule has 1 aromatic carbocycles. The zero-order valence-corrected chi connectivity index (χ0v) is 10.6. The van der Waals surface area contributed by atoms with Crippen LogP contribution in [-0.4, -0.2) is 31.0 Å². The summed E-state index contributed by atoms with van der Waals surface area (Å²) in [7, 11) is 1.58. The number of nitrogens with zero attached hydrogens (tertiary/aromatic N) is 1. The van der Waals surface area contributed by atoms with E-state index in [0.29, 0.717) is 11.4 Å². The molecule has 0 aromatic heterocycles. The highest BCUT2D eigenvalue weighted by Gasteiger charge is 2.36. The van der Waals surface area contributed by atoms with Crippen LogP contribution in [0.4, 0.5) is 5.69 Å². The van der Waals surface area contributed by atoms with E-state index in [1.54, 1.807) is 45.2 Å². The van der Waals surface area contributed by atoms with Gasteiger partial charge in [0.25, 0.3) is 0 Å². The molecule has 1 N–H and O–H groups in total. The van der Waals surface area contributed by atoms with Gasteiger partial charge in [-0.3, -0.25) is 14.5 Å². The number of ether oxygens (including phenoxy) is 1. The minimum absolute atomic E-state index is 0.104. The summed E-state index contributed by atoms with van der Waals surface area (Å²) in [6.07, 6.45) is 0. The highest BCUT2D eigenvalue weighted by Crippen LogP contribution is 2.23. The Morgan fingerprint density at radius 2 is 1.78 bits per heavy atom. The summed E-state index contributed by atoms with van der Waals surface area (Å²) in [5.74, 6) is 0.471. The van der Waals surface area contributed by atoms with Crippen LogP contribution in [-0.2, 0) is 9.59 Å². The predicted octanol–water partition coefficient (Wildman–Crippen LogP) is 0.935. The second kappa shape index (κ2) is 4.68. The number of hydrogen-bond donors (Lipinski definition) is 1. The van der Waals surface area contributed by atoms with Crippen molar-refractivity contribution in [1.29, 1.82) is 0 Å². The van der Waals surface area contributed by atoms with Gasteiger partial charge in [0, 0.05) is 5.69 Å². The van der Waals surface area contributed by atoms with Gasteiger partial charge in [-0.05, 0) is 38.1 Å². The van der Waals surface area contributed by atoms with Gasteiger partial charge in [0.15, 0.2) is 0 Å². The van der Waals surface area contributed by atoms with E-state index in [4.69, 9.17) is 4.74 Å². The number of carbonyl (C=O) groups excluding carboxylic acids is 2. The Balaban J connectivity index is 2.33. The molecule has 1 aliphatic heterocycles. The minimum atomic E-state index is -0.498. The molecular formula is C13H16N2O3. The summed E-state index contributed by atoms with van der Waals surface area (Å²) in [6.45, 7) is 3.39. The number of benzene rings is 1. The summed E-state index contributed by atoms with van der Waals surface area (Å²) >= 11 is 0. The molecule has 0 saturated carbocycles. The van der Waals surface area contributed by atoms with Gasteiger partial charge < -0.3 is 10.1 Å². The standard InChI is InChI=1S/C13H16N2O3/c1-8-13(17)15(9(2)12(16)14-8)10-4-6-11(18-3)7-5-10/h4-9H,1-3H3,(H,14,16). The Labute approximate surface area is 106 Å². The van der Waals surface area contributed by atoms with Crippen LogP contribution in [0.1, 0.15) is 13.8 Å². The Hall–Kier alpha value is -2.04. The van der Waals surface area contributed by atoms with Crippen molar-refractivity contribution in [2.45, 2.75) is 25.9 Å². The van der Waals surface area contributed by atoms with E-state index in [-0.39, 0.29) is 11.8 Å². The largest absolute Gasteiger partial charge is 0.497 e. The average Bonchev–Trinajstić information content (AvgIpc) is 2.37. The molecule has 5 nitrogen and oxygen atoms in total. The maximum Gasteiger partial charge on any atom is 0.250 e. The molecule has 1 fully saturated rings. The summed E-state index contributed by atoms with van der Waals surface area (Å²) < 4.78 is 5.07.